The molecule has 2 aliphatic heterocycles. The Morgan fingerprint density at radius 3 is 2.53 bits per heavy atom. The molecule has 2 heterocycles. The van der Waals surface area contributed by atoms with Gasteiger partial charge in [-0.25, -0.2) is 0 Å². The summed E-state index contributed by atoms with van der Waals surface area (Å²) >= 11 is 9.73. The number of methoxy groups -OCH3 is 1. The first-order valence-corrected chi connectivity index (χ1v) is 17.1. The molecule has 4 rings (SSSR count). The second-order valence-electron chi connectivity index (χ2n) is 10.6. The molecule has 36 heavy (non-hydrogen) atoms. The summed E-state index contributed by atoms with van der Waals surface area (Å²) in [4.78, 5) is 26.2. The number of halogens is 2. The zero-order valence-electron chi connectivity index (χ0n) is 21.7. The van der Waals surface area contributed by atoms with E-state index < -0.39 is 19.5 Å². The Bertz CT molecular complexity index is 1150. The third-order valence-corrected chi connectivity index (χ3v) is 9.35. The molecule has 8 heteroatoms. The van der Waals surface area contributed by atoms with E-state index in [0.717, 1.165) is 33.5 Å². The van der Waals surface area contributed by atoms with Crippen molar-refractivity contribution >= 4 is 53.1 Å². The minimum atomic E-state index is -0.971. The number of hydrogen-bond acceptors (Lipinski definition) is 3. The Hall–Kier alpha value is -1.93. The maximum Gasteiger partial charge on any atom is 0.238 e. The molecule has 2 aromatic carbocycles. The fourth-order valence-corrected chi connectivity index (χ4v) is 6.36. The molecule has 1 saturated heterocycles. The molecule has 0 aliphatic carbocycles. The smallest absolute Gasteiger partial charge is 0.238 e. The number of amides is 2. The fourth-order valence-electron chi connectivity index (χ4n) is 4.98. The monoisotopic (exact) mass is 590 g/mol. The Morgan fingerprint density at radius 2 is 1.94 bits per heavy atom. The molecule has 0 radical (unpaired) electrons. The Morgan fingerprint density at radius 1 is 1.22 bits per heavy atom. The van der Waals surface area contributed by atoms with Crippen LogP contribution >= 0.6 is 27.5 Å². The van der Waals surface area contributed by atoms with Gasteiger partial charge in [0.1, 0.15) is 5.41 Å². The van der Waals surface area contributed by atoms with E-state index in [2.05, 4.69) is 52.8 Å². The second-order valence-corrected chi connectivity index (χ2v) is 17.6. The molecule has 0 unspecified atom stereocenters. The number of benzene rings is 2. The largest absolute Gasteiger partial charge is 0.385 e. The summed E-state index contributed by atoms with van der Waals surface area (Å²) < 4.78 is 5.84. The van der Waals surface area contributed by atoms with Crippen LogP contribution in [0.2, 0.25) is 30.7 Å². The summed E-state index contributed by atoms with van der Waals surface area (Å²) in [6.07, 6.45) is 0.866. The SMILES string of the molecule is C=C(CC)[C@H]1NC(=O)C[C@@H](c2cccc(Cl)c2)[C@]12C(=O)Nc1cc(Br)ccc12.COCC[Si](C)(C)C. The van der Waals surface area contributed by atoms with Gasteiger partial charge in [-0.1, -0.05) is 84.4 Å². The van der Waals surface area contributed by atoms with Gasteiger partial charge in [-0.05, 0) is 47.9 Å². The minimum absolute atomic E-state index is 0.0893. The van der Waals surface area contributed by atoms with E-state index in [4.69, 9.17) is 16.3 Å². The molecule has 5 nitrogen and oxygen atoms in total. The van der Waals surface area contributed by atoms with Crippen molar-refractivity contribution in [1.29, 1.82) is 0 Å². The normalized spacial score (nSPS) is 22.9. The highest BCUT2D eigenvalue weighted by Gasteiger charge is 2.61. The molecule has 2 aromatic rings. The van der Waals surface area contributed by atoms with Crippen LogP contribution in [0.3, 0.4) is 0 Å². The van der Waals surface area contributed by atoms with Gasteiger partial charge in [0.15, 0.2) is 0 Å². The van der Waals surface area contributed by atoms with E-state index in [1.165, 1.54) is 6.04 Å². The van der Waals surface area contributed by atoms with Crippen LogP contribution in [0.1, 0.15) is 36.8 Å². The first-order valence-electron chi connectivity index (χ1n) is 12.3. The van der Waals surface area contributed by atoms with Gasteiger partial charge in [-0.2, -0.15) is 0 Å². The molecule has 194 valence electrons. The minimum Gasteiger partial charge on any atom is -0.385 e. The average Bonchev–Trinajstić information content (AvgIpc) is 3.09. The quantitative estimate of drug-likeness (QED) is 0.284. The fraction of sp³-hybridized carbons (Fsp3) is 0.429. The standard InChI is InChI=1S/C22H20BrClN2O2.C6H16OSi/c1-3-12(2)20-22(16-8-7-14(23)10-18(16)25-21(22)28)17(11-19(27)26-20)13-5-4-6-15(24)9-13;1-7-5-6-8(2,3)4/h4-10,17,20H,2-3,11H2,1H3,(H,25,28)(H,26,27);5-6H2,1-4H3/t17-,20+,22-;/m0./s1. The van der Waals surface area contributed by atoms with Crippen LogP contribution in [0.25, 0.3) is 0 Å². The van der Waals surface area contributed by atoms with Gasteiger partial charge in [0, 0.05) is 49.3 Å². The lowest BCUT2D eigenvalue weighted by atomic mass is 9.59. The molecule has 0 aromatic heterocycles. The van der Waals surface area contributed by atoms with Gasteiger partial charge in [0.2, 0.25) is 11.8 Å². The van der Waals surface area contributed by atoms with Crippen LogP contribution in [-0.2, 0) is 19.7 Å². The molecule has 1 fully saturated rings. The molecule has 0 bridgehead atoms. The summed E-state index contributed by atoms with van der Waals surface area (Å²) in [5.41, 5.74) is 2.37. The van der Waals surface area contributed by atoms with Gasteiger partial charge in [0.05, 0.1) is 6.04 Å². The number of fused-ring (bicyclic) bond motifs is 2. The van der Waals surface area contributed by atoms with Crippen molar-refractivity contribution < 1.29 is 14.3 Å². The number of carbonyl (C=O) groups is 2. The first kappa shape index (κ1) is 28.6. The van der Waals surface area contributed by atoms with Crippen molar-refractivity contribution in [2.45, 2.75) is 62.8 Å². The first-order chi connectivity index (χ1) is 16.9. The lowest BCUT2D eigenvalue weighted by Crippen LogP contribution is -2.62. The third-order valence-electron chi connectivity index (χ3n) is 6.92. The molecule has 3 atom stereocenters. The summed E-state index contributed by atoms with van der Waals surface area (Å²) in [7, 11) is 0.961. The van der Waals surface area contributed by atoms with Gasteiger partial charge in [0.25, 0.3) is 0 Å². The Kier molecular flexibility index (Phi) is 9.25. The average molecular weight is 592 g/mol. The zero-order valence-corrected chi connectivity index (χ0v) is 25.1. The van der Waals surface area contributed by atoms with Crippen molar-refractivity contribution in [2.75, 3.05) is 19.0 Å². The van der Waals surface area contributed by atoms with Crippen LogP contribution in [0.4, 0.5) is 5.69 Å². The number of nitrogens with one attached hydrogen (secondary N) is 2. The number of carbonyl (C=O) groups excluding carboxylic acids is 2. The number of rotatable bonds is 6. The summed E-state index contributed by atoms with van der Waals surface area (Å²) in [5, 5.41) is 6.68. The van der Waals surface area contributed by atoms with Gasteiger partial charge < -0.3 is 15.4 Å². The van der Waals surface area contributed by atoms with Crippen molar-refractivity contribution in [2.24, 2.45) is 0 Å². The van der Waals surface area contributed by atoms with Gasteiger partial charge >= 0.3 is 0 Å². The number of anilines is 1. The Balaban J connectivity index is 0.000000392. The van der Waals surface area contributed by atoms with E-state index >= 15 is 0 Å². The molecule has 2 N–H and O–H groups in total. The van der Waals surface area contributed by atoms with Crippen LogP contribution < -0.4 is 10.6 Å². The molecule has 2 amide bonds. The predicted octanol–water partition coefficient (Wildman–Crippen LogP) is 6.90. The van der Waals surface area contributed by atoms with Crippen molar-refractivity contribution in [3.63, 3.8) is 0 Å². The predicted molar refractivity (Wildman–Crippen MR) is 155 cm³/mol. The highest BCUT2D eigenvalue weighted by atomic mass is 79.9. The molecule has 2 aliphatic rings. The maximum absolute atomic E-state index is 13.6. The third kappa shape index (κ3) is 5.96. The Labute approximate surface area is 229 Å². The van der Waals surface area contributed by atoms with E-state index in [9.17, 15) is 9.59 Å². The summed E-state index contributed by atoms with van der Waals surface area (Å²) in [5.74, 6) is -0.561. The lowest BCUT2D eigenvalue weighted by molar-refractivity contribution is -0.130. The van der Waals surface area contributed by atoms with Crippen LogP contribution in [-0.4, -0.2) is 39.6 Å². The molecule has 0 saturated carbocycles. The van der Waals surface area contributed by atoms with Gasteiger partial charge in [-0.15, -0.1) is 0 Å². The van der Waals surface area contributed by atoms with E-state index in [0.29, 0.717) is 11.4 Å². The maximum atomic E-state index is 13.6. The van der Waals surface area contributed by atoms with E-state index in [-0.39, 0.29) is 24.2 Å². The highest BCUT2D eigenvalue weighted by molar-refractivity contribution is 9.10. The number of piperidine rings is 1. The number of hydrogen-bond donors (Lipinski definition) is 2. The topological polar surface area (TPSA) is 67.4 Å². The van der Waals surface area contributed by atoms with Crippen LogP contribution in [0, 0.1) is 0 Å². The van der Waals surface area contributed by atoms with Crippen LogP contribution in [0.15, 0.2) is 59.1 Å². The summed E-state index contributed by atoms with van der Waals surface area (Å²) in [6.45, 7) is 14.2. The van der Waals surface area contributed by atoms with E-state index in [1.54, 1.807) is 13.2 Å². The molecule has 1 spiro atoms. The van der Waals surface area contributed by atoms with Crippen LogP contribution in [0.5, 0.6) is 0 Å². The van der Waals surface area contributed by atoms with Crippen molar-refractivity contribution in [3.05, 3.63) is 75.2 Å². The summed E-state index contributed by atoms with van der Waals surface area (Å²) in [6, 6.07) is 14.0. The molecular formula is C28H36BrClN2O3Si. The highest BCUT2D eigenvalue weighted by Crippen LogP contribution is 2.54. The second kappa shape index (κ2) is 11.6. The van der Waals surface area contributed by atoms with Crippen molar-refractivity contribution in [3.8, 4) is 0 Å². The van der Waals surface area contributed by atoms with E-state index in [1.807, 2.05) is 43.3 Å². The van der Waals surface area contributed by atoms with Crippen molar-refractivity contribution in [1.82, 2.24) is 5.32 Å². The lowest BCUT2D eigenvalue weighted by Gasteiger charge is -2.47. The number of ether oxygens (including phenoxy) is 1. The van der Waals surface area contributed by atoms with Gasteiger partial charge in [-0.3, -0.25) is 9.59 Å². The zero-order chi connectivity index (χ0) is 26.7. The molecular weight excluding hydrogens is 556 g/mol.